The zero-order valence-electron chi connectivity index (χ0n) is 10.6. The lowest BCUT2D eigenvalue weighted by Gasteiger charge is -2.10. The zero-order chi connectivity index (χ0) is 11.4. The van der Waals surface area contributed by atoms with Gasteiger partial charge in [-0.3, -0.25) is 0 Å². The summed E-state index contributed by atoms with van der Waals surface area (Å²) in [6, 6.07) is 0. The maximum absolute atomic E-state index is 4.06. The summed E-state index contributed by atoms with van der Waals surface area (Å²) in [4.78, 5) is 0. The fraction of sp³-hybridized carbons (Fsp3) is 0.600. The smallest absolute Gasteiger partial charge is 0.0244 e. The van der Waals surface area contributed by atoms with Gasteiger partial charge >= 0.3 is 0 Å². The molecule has 1 rings (SSSR count). The Kier molecular flexibility index (Phi) is 4.38. The van der Waals surface area contributed by atoms with Gasteiger partial charge in [0.15, 0.2) is 0 Å². The van der Waals surface area contributed by atoms with Crippen molar-refractivity contribution in [3.8, 4) is 0 Å². The number of rotatable bonds is 5. The lowest BCUT2D eigenvalue weighted by Crippen LogP contribution is -1.92. The first-order valence-corrected chi connectivity index (χ1v) is 6.05. The van der Waals surface area contributed by atoms with E-state index in [4.69, 9.17) is 0 Å². The van der Waals surface area contributed by atoms with E-state index in [0.29, 0.717) is 5.92 Å². The van der Waals surface area contributed by atoms with Crippen molar-refractivity contribution in [2.45, 2.75) is 47.0 Å². The summed E-state index contributed by atoms with van der Waals surface area (Å²) in [5, 5.41) is 0. The van der Waals surface area contributed by atoms with Gasteiger partial charge in [-0.2, -0.15) is 0 Å². The molecule has 0 bridgehead atoms. The lowest BCUT2D eigenvalue weighted by molar-refractivity contribution is 0.821. The van der Waals surface area contributed by atoms with Crippen LogP contribution in [0.3, 0.4) is 0 Å². The van der Waals surface area contributed by atoms with Crippen LogP contribution in [0.5, 0.6) is 0 Å². The van der Waals surface area contributed by atoms with E-state index in [2.05, 4.69) is 46.4 Å². The van der Waals surface area contributed by atoms with Gasteiger partial charge in [0.1, 0.15) is 0 Å². The summed E-state index contributed by atoms with van der Waals surface area (Å²) >= 11 is 0. The maximum atomic E-state index is 4.06. The van der Waals surface area contributed by atoms with Crippen LogP contribution in [0.4, 0.5) is 0 Å². The highest BCUT2D eigenvalue weighted by atomic mass is 14.2. The van der Waals surface area contributed by atoms with Crippen LogP contribution in [0, 0.1) is 11.8 Å². The van der Waals surface area contributed by atoms with E-state index >= 15 is 0 Å². The van der Waals surface area contributed by atoms with Crippen molar-refractivity contribution < 1.29 is 0 Å². The largest absolute Gasteiger partial charge is 0.0955 e. The number of hydrogen-bond acceptors (Lipinski definition) is 0. The monoisotopic (exact) mass is 204 g/mol. The standard InChI is InChI=1S/C15H24/c1-11(2)10-15(12(3)4)13(5)6-7-14-8-9-14/h6,10-11,14H,3,7-9H2,1-2,4-5H3/b13-6-,15-10-. The van der Waals surface area contributed by atoms with Gasteiger partial charge in [0.05, 0.1) is 0 Å². The van der Waals surface area contributed by atoms with Crippen LogP contribution in [-0.4, -0.2) is 0 Å². The van der Waals surface area contributed by atoms with Crippen LogP contribution < -0.4 is 0 Å². The molecule has 0 amide bonds. The minimum Gasteiger partial charge on any atom is -0.0955 e. The van der Waals surface area contributed by atoms with Crippen LogP contribution in [-0.2, 0) is 0 Å². The molecule has 15 heavy (non-hydrogen) atoms. The maximum Gasteiger partial charge on any atom is -0.0244 e. The van der Waals surface area contributed by atoms with Crippen molar-refractivity contribution in [3.05, 3.63) is 35.5 Å². The molecular formula is C15H24. The first-order valence-electron chi connectivity index (χ1n) is 6.05. The summed E-state index contributed by atoms with van der Waals surface area (Å²) in [6.07, 6.45) is 8.83. The summed E-state index contributed by atoms with van der Waals surface area (Å²) in [7, 11) is 0. The number of allylic oxidation sites excluding steroid dienone is 5. The number of hydrogen-bond donors (Lipinski definition) is 0. The molecule has 0 N–H and O–H groups in total. The Morgan fingerprint density at radius 2 is 1.93 bits per heavy atom. The second-order valence-corrected chi connectivity index (χ2v) is 5.17. The molecule has 1 aliphatic rings. The third-order valence-corrected chi connectivity index (χ3v) is 2.84. The molecule has 0 heterocycles. The topological polar surface area (TPSA) is 0 Å². The van der Waals surface area contributed by atoms with E-state index in [1.807, 2.05) is 0 Å². The van der Waals surface area contributed by atoms with Crippen LogP contribution in [0.2, 0.25) is 0 Å². The van der Waals surface area contributed by atoms with Gasteiger partial charge in [0.25, 0.3) is 0 Å². The zero-order valence-corrected chi connectivity index (χ0v) is 10.6. The molecule has 0 nitrogen and oxygen atoms in total. The lowest BCUT2D eigenvalue weighted by atomic mass is 9.96. The Hall–Kier alpha value is -0.780. The van der Waals surface area contributed by atoms with E-state index in [-0.39, 0.29) is 0 Å². The molecule has 0 aliphatic heterocycles. The van der Waals surface area contributed by atoms with E-state index < -0.39 is 0 Å². The highest BCUT2D eigenvalue weighted by Gasteiger charge is 2.19. The normalized spacial score (nSPS) is 18.5. The first-order chi connectivity index (χ1) is 7.00. The summed E-state index contributed by atoms with van der Waals surface area (Å²) in [5.41, 5.74) is 3.95. The highest BCUT2D eigenvalue weighted by Crippen LogP contribution is 2.33. The molecule has 0 unspecified atom stereocenters. The SMILES string of the molecule is C=C(C)C(=C/C(C)C)/C(C)=C\CC1CC1. The van der Waals surface area contributed by atoms with Crippen molar-refractivity contribution in [3.63, 3.8) is 0 Å². The molecule has 0 spiro atoms. The highest BCUT2D eigenvalue weighted by molar-refractivity contribution is 5.43. The second-order valence-electron chi connectivity index (χ2n) is 5.17. The molecule has 1 fully saturated rings. The van der Waals surface area contributed by atoms with E-state index in [0.717, 1.165) is 5.92 Å². The molecule has 0 aromatic rings. The Morgan fingerprint density at radius 3 is 2.33 bits per heavy atom. The van der Waals surface area contributed by atoms with E-state index in [9.17, 15) is 0 Å². The van der Waals surface area contributed by atoms with Gasteiger partial charge in [-0.25, -0.2) is 0 Å². The molecule has 1 saturated carbocycles. The van der Waals surface area contributed by atoms with Crippen LogP contribution >= 0.6 is 0 Å². The second kappa shape index (κ2) is 5.34. The Morgan fingerprint density at radius 1 is 1.33 bits per heavy atom. The van der Waals surface area contributed by atoms with Crippen molar-refractivity contribution in [1.82, 2.24) is 0 Å². The molecular weight excluding hydrogens is 180 g/mol. The van der Waals surface area contributed by atoms with E-state index in [1.54, 1.807) is 0 Å². The summed E-state index contributed by atoms with van der Waals surface area (Å²) in [5.74, 6) is 1.58. The fourth-order valence-corrected chi connectivity index (χ4v) is 1.75. The third kappa shape index (κ3) is 4.51. The Bertz CT molecular complexity index is 285. The minimum absolute atomic E-state index is 0.598. The van der Waals surface area contributed by atoms with E-state index in [1.165, 1.54) is 36.0 Å². The predicted octanol–water partition coefficient (Wildman–Crippen LogP) is 4.89. The molecule has 0 heteroatoms. The van der Waals surface area contributed by atoms with Gasteiger partial charge < -0.3 is 0 Å². The Labute approximate surface area is 94.8 Å². The summed E-state index contributed by atoms with van der Waals surface area (Å²) in [6.45, 7) is 12.8. The van der Waals surface area contributed by atoms with Crippen molar-refractivity contribution >= 4 is 0 Å². The van der Waals surface area contributed by atoms with Crippen LogP contribution in [0.25, 0.3) is 0 Å². The van der Waals surface area contributed by atoms with Gasteiger partial charge in [-0.15, -0.1) is 0 Å². The van der Waals surface area contributed by atoms with Crippen molar-refractivity contribution in [2.24, 2.45) is 11.8 Å². The molecule has 0 radical (unpaired) electrons. The summed E-state index contributed by atoms with van der Waals surface area (Å²) < 4.78 is 0. The van der Waals surface area contributed by atoms with Crippen LogP contribution in [0.1, 0.15) is 47.0 Å². The molecule has 0 atom stereocenters. The predicted molar refractivity (Wildman–Crippen MR) is 68.8 cm³/mol. The molecule has 0 aromatic heterocycles. The van der Waals surface area contributed by atoms with Gasteiger partial charge in [-0.05, 0) is 56.1 Å². The van der Waals surface area contributed by atoms with Gasteiger partial charge in [-0.1, -0.05) is 38.2 Å². The first kappa shape index (κ1) is 12.3. The molecule has 1 aliphatic carbocycles. The fourth-order valence-electron chi connectivity index (χ4n) is 1.75. The van der Waals surface area contributed by atoms with Crippen molar-refractivity contribution in [1.29, 1.82) is 0 Å². The average molecular weight is 204 g/mol. The third-order valence-electron chi connectivity index (χ3n) is 2.84. The average Bonchev–Trinajstić information content (AvgIpc) is 2.93. The molecule has 84 valence electrons. The molecule has 0 saturated heterocycles. The van der Waals surface area contributed by atoms with Gasteiger partial charge in [0.2, 0.25) is 0 Å². The van der Waals surface area contributed by atoms with Crippen LogP contribution in [0.15, 0.2) is 35.5 Å². The minimum atomic E-state index is 0.598. The van der Waals surface area contributed by atoms with Gasteiger partial charge in [0, 0.05) is 0 Å². The molecule has 0 aromatic carbocycles. The quantitative estimate of drug-likeness (QED) is 0.559. The Balaban J connectivity index is 2.69. The van der Waals surface area contributed by atoms with Crippen molar-refractivity contribution in [2.75, 3.05) is 0 Å².